The van der Waals surface area contributed by atoms with Crippen molar-refractivity contribution < 1.29 is 18.3 Å². The van der Waals surface area contributed by atoms with Crippen LogP contribution < -0.4 is 10.3 Å². The third-order valence-electron chi connectivity index (χ3n) is 4.21. The van der Waals surface area contributed by atoms with Crippen molar-refractivity contribution in [2.45, 2.75) is 18.2 Å². The molecule has 2 aromatic carbocycles. The molecule has 10 heteroatoms. The monoisotopic (exact) mass is 491 g/mol. The molecule has 0 saturated carbocycles. The molecule has 2 heterocycles. The highest BCUT2D eigenvalue weighted by molar-refractivity contribution is 9.10. The molecular formula is C20H18BrN3O5S. The average Bonchev–Trinajstić information content (AvgIpc) is 3.20. The second kappa shape index (κ2) is 8.72. The first-order valence-electron chi connectivity index (χ1n) is 8.84. The maximum absolute atomic E-state index is 12.5. The van der Waals surface area contributed by atoms with E-state index in [1.54, 1.807) is 49.5 Å². The third kappa shape index (κ3) is 4.71. The molecule has 4 aromatic rings. The molecule has 0 radical (unpaired) electrons. The Kier molecular flexibility index (Phi) is 6.28. The van der Waals surface area contributed by atoms with Crippen LogP contribution in [0.2, 0.25) is 0 Å². The molecular weight excluding hydrogens is 474 g/mol. The Labute approximate surface area is 180 Å². The van der Waals surface area contributed by atoms with Crippen LogP contribution in [0.5, 0.6) is 0 Å². The van der Waals surface area contributed by atoms with E-state index in [4.69, 9.17) is 5.11 Å². The molecule has 0 spiro atoms. The lowest BCUT2D eigenvalue weighted by molar-refractivity contribution is -0.136. The van der Waals surface area contributed by atoms with Crippen molar-refractivity contribution in [2.24, 2.45) is 0 Å². The number of fused-ring (bicyclic) bond motifs is 3. The standard InChI is InChI=1S/C17H12BrN3O3S.C3H6O2/c18-10-1-4-12(5-2-10)25(23,24)21-11-3-6-15-14(9-11)13-7-8-19-16(13)17(22)20-15;1-2-3(4)5/h1-9,19,21H,(H,20,22);2H2,1H3,(H,4,5). The molecule has 8 nitrogen and oxygen atoms in total. The Hall–Kier alpha value is -3.11. The fourth-order valence-electron chi connectivity index (χ4n) is 2.73. The summed E-state index contributed by atoms with van der Waals surface area (Å²) in [5, 5.41) is 9.22. The number of carbonyl (C=O) groups is 1. The molecule has 0 amide bonds. The lowest BCUT2D eigenvalue weighted by Crippen LogP contribution is -2.13. The first-order valence-corrected chi connectivity index (χ1v) is 11.1. The highest BCUT2D eigenvalue weighted by Gasteiger charge is 2.15. The molecule has 0 bridgehead atoms. The predicted octanol–water partition coefficient (Wildman–Crippen LogP) is 4.05. The Morgan fingerprint density at radius 3 is 2.40 bits per heavy atom. The van der Waals surface area contributed by atoms with Crippen LogP contribution in [0.3, 0.4) is 0 Å². The molecule has 2 aromatic heterocycles. The minimum Gasteiger partial charge on any atom is -0.481 e. The molecule has 0 aliphatic carbocycles. The fraction of sp³-hybridized carbons (Fsp3) is 0.100. The number of benzene rings is 2. The zero-order valence-electron chi connectivity index (χ0n) is 15.8. The third-order valence-corrected chi connectivity index (χ3v) is 6.14. The van der Waals surface area contributed by atoms with E-state index in [0.29, 0.717) is 16.7 Å². The molecule has 0 aliphatic heterocycles. The van der Waals surface area contributed by atoms with Crippen molar-refractivity contribution in [3.05, 3.63) is 69.6 Å². The van der Waals surface area contributed by atoms with Crippen LogP contribution in [-0.2, 0) is 14.8 Å². The number of carboxylic acids is 1. The van der Waals surface area contributed by atoms with E-state index in [0.717, 1.165) is 15.2 Å². The quantitative estimate of drug-likeness (QED) is 0.341. The van der Waals surface area contributed by atoms with Gasteiger partial charge in [-0.2, -0.15) is 0 Å². The van der Waals surface area contributed by atoms with E-state index in [1.165, 1.54) is 12.1 Å². The van der Waals surface area contributed by atoms with Crippen molar-refractivity contribution >= 4 is 59.4 Å². The predicted molar refractivity (Wildman–Crippen MR) is 119 cm³/mol. The van der Waals surface area contributed by atoms with Crippen LogP contribution >= 0.6 is 15.9 Å². The normalized spacial score (nSPS) is 11.1. The van der Waals surface area contributed by atoms with Gasteiger partial charge in [0.25, 0.3) is 15.6 Å². The van der Waals surface area contributed by atoms with Crippen molar-refractivity contribution in [3.8, 4) is 0 Å². The van der Waals surface area contributed by atoms with Crippen molar-refractivity contribution in [3.63, 3.8) is 0 Å². The lowest BCUT2D eigenvalue weighted by atomic mass is 10.1. The average molecular weight is 492 g/mol. The van der Waals surface area contributed by atoms with Crippen LogP contribution in [0, 0.1) is 0 Å². The summed E-state index contributed by atoms with van der Waals surface area (Å²) < 4.78 is 28.4. The van der Waals surface area contributed by atoms with Crippen molar-refractivity contribution in [2.75, 3.05) is 4.72 Å². The van der Waals surface area contributed by atoms with Crippen molar-refractivity contribution in [1.29, 1.82) is 0 Å². The van der Waals surface area contributed by atoms with Gasteiger partial charge in [-0.25, -0.2) is 8.42 Å². The van der Waals surface area contributed by atoms with E-state index < -0.39 is 16.0 Å². The number of halogens is 1. The van der Waals surface area contributed by atoms with Crippen LogP contribution in [0.4, 0.5) is 5.69 Å². The van der Waals surface area contributed by atoms with Gasteiger partial charge >= 0.3 is 5.97 Å². The molecule has 156 valence electrons. The highest BCUT2D eigenvalue weighted by atomic mass is 79.9. The van der Waals surface area contributed by atoms with Crippen molar-refractivity contribution in [1.82, 2.24) is 9.97 Å². The summed E-state index contributed by atoms with van der Waals surface area (Å²) >= 11 is 3.28. The van der Waals surface area contributed by atoms with Gasteiger partial charge in [0, 0.05) is 39.1 Å². The van der Waals surface area contributed by atoms with E-state index in [9.17, 15) is 18.0 Å². The zero-order valence-corrected chi connectivity index (χ0v) is 18.2. The van der Waals surface area contributed by atoms with Gasteiger partial charge in [0.2, 0.25) is 0 Å². The Bertz CT molecular complexity index is 1380. The Morgan fingerprint density at radius 2 is 1.77 bits per heavy atom. The minimum absolute atomic E-state index is 0.170. The van der Waals surface area contributed by atoms with Crippen LogP contribution in [0.25, 0.3) is 21.8 Å². The largest absolute Gasteiger partial charge is 0.481 e. The first-order chi connectivity index (χ1) is 14.2. The summed E-state index contributed by atoms with van der Waals surface area (Å²) in [7, 11) is -3.70. The Morgan fingerprint density at radius 1 is 1.10 bits per heavy atom. The van der Waals surface area contributed by atoms with Gasteiger partial charge in [-0.1, -0.05) is 22.9 Å². The highest BCUT2D eigenvalue weighted by Crippen LogP contribution is 2.25. The van der Waals surface area contributed by atoms with Gasteiger partial charge in [-0.05, 0) is 48.5 Å². The number of pyridine rings is 1. The number of aromatic nitrogens is 2. The number of hydrogen-bond acceptors (Lipinski definition) is 4. The van der Waals surface area contributed by atoms with Crippen LogP contribution in [0.1, 0.15) is 13.3 Å². The number of sulfonamides is 1. The van der Waals surface area contributed by atoms with Gasteiger partial charge in [-0.15, -0.1) is 0 Å². The second-order valence-electron chi connectivity index (χ2n) is 6.29. The lowest BCUT2D eigenvalue weighted by Gasteiger charge is -2.09. The summed E-state index contributed by atoms with van der Waals surface area (Å²) in [6.07, 6.45) is 1.90. The zero-order chi connectivity index (χ0) is 21.9. The molecule has 0 atom stereocenters. The number of H-pyrrole nitrogens is 2. The van der Waals surface area contributed by atoms with E-state index in [2.05, 4.69) is 30.6 Å². The first kappa shape index (κ1) is 21.6. The number of aromatic amines is 2. The molecule has 0 saturated heterocycles. The molecule has 0 unspecified atom stereocenters. The SMILES string of the molecule is CCC(=O)O.O=c1[nH]c2ccc(NS(=O)(=O)c3ccc(Br)cc3)cc2c2cc[nH]c12. The molecule has 0 fully saturated rings. The van der Waals surface area contributed by atoms with Gasteiger partial charge in [-0.3, -0.25) is 14.3 Å². The topological polar surface area (TPSA) is 132 Å². The van der Waals surface area contributed by atoms with E-state index in [-0.39, 0.29) is 16.9 Å². The number of nitrogens with one attached hydrogen (secondary N) is 3. The summed E-state index contributed by atoms with van der Waals surface area (Å²) in [5.74, 6) is -0.745. The number of anilines is 1. The van der Waals surface area contributed by atoms with Gasteiger partial charge < -0.3 is 15.1 Å². The molecule has 0 aliphatic rings. The molecule has 30 heavy (non-hydrogen) atoms. The summed E-state index contributed by atoms with van der Waals surface area (Å²) in [6.45, 7) is 1.60. The van der Waals surface area contributed by atoms with Crippen LogP contribution in [-0.4, -0.2) is 29.5 Å². The van der Waals surface area contributed by atoms with E-state index >= 15 is 0 Å². The second-order valence-corrected chi connectivity index (χ2v) is 8.89. The minimum atomic E-state index is -3.70. The maximum atomic E-state index is 12.5. The molecule has 4 rings (SSSR count). The van der Waals surface area contributed by atoms with Crippen LogP contribution in [0.15, 0.2) is 68.9 Å². The summed E-state index contributed by atoms with van der Waals surface area (Å²) in [5.41, 5.74) is 1.31. The summed E-state index contributed by atoms with van der Waals surface area (Å²) in [4.78, 5) is 27.2. The fourth-order valence-corrected chi connectivity index (χ4v) is 4.05. The van der Waals surface area contributed by atoms with E-state index in [1.807, 2.05) is 0 Å². The van der Waals surface area contributed by atoms with Gasteiger partial charge in [0.05, 0.1) is 4.90 Å². The number of rotatable bonds is 4. The smallest absolute Gasteiger partial charge is 0.303 e. The number of aliphatic carboxylic acids is 1. The number of carboxylic acid groups (broad SMARTS) is 1. The van der Waals surface area contributed by atoms with Gasteiger partial charge in [0.15, 0.2) is 0 Å². The Balaban J connectivity index is 0.000000461. The van der Waals surface area contributed by atoms with Gasteiger partial charge in [0.1, 0.15) is 5.52 Å². The molecule has 4 N–H and O–H groups in total. The summed E-state index contributed by atoms with van der Waals surface area (Å²) in [6, 6.07) is 13.2. The maximum Gasteiger partial charge on any atom is 0.303 e. The number of hydrogen-bond donors (Lipinski definition) is 4.